The van der Waals surface area contributed by atoms with E-state index in [9.17, 15) is 19.2 Å². The molecule has 1 fully saturated rings. The summed E-state index contributed by atoms with van der Waals surface area (Å²) in [6.07, 6.45) is 4.53. The molecule has 0 spiro atoms. The van der Waals surface area contributed by atoms with Gasteiger partial charge in [0.2, 0.25) is 0 Å². The van der Waals surface area contributed by atoms with Crippen LogP contribution in [0.15, 0.2) is 59.3 Å². The zero-order valence-electron chi connectivity index (χ0n) is 20.9. The average Bonchev–Trinajstić information content (AvgIpc) is 3.10. The smallest absolute Gasteiger partial charge is 0.338 e. The van der Waals surface area contributed by atoms with Gasteiger partial charge in [-0.1, -0.05) is 43.0 Å². The van der Waals surface area contributed by atoms with Crippen molar-refractivity contribution in [2.24, 2.45) is 0 Å². The van der Waals surface area contributed by atoms with Gasteiger partial charge in [-0.05, 0) is 68.7 Å². The third-order valence-corrected chi connectivity index (χ3v) is 6.76. The van der Waals surface area contributed by atoms with Crippen LogP contribution in [0, 0.1) is 0 Å². The van der Waals surface area contributed by atoms with Gasteiger partial charge in [-0.25, -0.2) is 4.79 Å². The summed E-state index contributed by atoms with van der Waals surface area (Å²) in [6.45, 7) is 3.83. The number of imide groups is 1. The van der Waals surface area contributed by atoms with Crippen molar-refractivity contribution in [2.45, 2.75) is 64.6 Å². The van der Waals surface area contributed by atoms with Crippen molar-refractivity contribution < 1.29 is 23.9 Å². The predicted molar refractivity (Wildman–Crippen MR) is 140 cm³/mol. The standard InChI is InChI=1S/C28H30ClN3O5/c1-17(2)37-28(36)20-12-14-21(15-13-20)31-25(33)19-10-8-18(9-11-19)16-30-24-23(29)26(34)32(27(24)35)22-6-4-3-5-7-22/h8-15,17,22,30H,3-7,16H2,1-2H3,(H,31,33). The van der Waals surface area contributed by atoms with Crippen LogP contribution in [-0.4, -0.2) is 40.7 Å². The van der Waals surface area contributed by atoms with Gasteiger partial charge in [0.1, 0.15) is 10.7 Å². The molecule has 0 bridgehead atoms. The molecule has 0 unspecified atom stereocenters. The topological polar surface area (TPSA) is 105 Å². The molecular formula is C28H30ClN3O5. The molecule has 2 aromatic rings. The Morgan fingerprint density at radius 2 is 1.57 bits per heavy atom. The lowest BCUT2D eigenvalue weighted by molar-refractivity contribution is -0.140. The molecule has 4 rings (SSSR count). The molecule has 2 N–H and O–H groups in total. The van der Waals surface area contributed by atoms with Gasteiger partial charge < -0.3 is 15.4 Å². The van der Waals surface area contributed by atoms with E-state index in [4.69, 9.17) is 16.3 Å². The fourth-order valence-corrected chi connectivity index (χ4v) is 4.72. The van der Waals surface area contributed by atoms with E-state index in [1.165, 1.54) is 4.90 Å². The molecule has 194 valence electrons. The molecule has 1 aliphatic carbocycles. The summed E-state index contributed by atoms with van der Waals surface area (Å²) in [7, 11) is 0. The van der Waals surface area contributed by atoms with Crippen molar-refractivity contribution in [3.63, 3.8) is 0 Å². The van der Waals surface area contributed by atoms with E-state index in [-0.39, 0.29) is 41.2 Å². The minimum absolute atomic E-state index is 0.0740. The summed E-state index contributed by atoms with van der Waals surface area (Å²) < 4.78 is 5.16. The number of ether oxygens (including phenoxy) is 1. The number of carbonyl (C=O) groups is 4. The van der Waals surface area contributed by atoms with Crippen LogP contribution < -0.4 is 10.6 Å². The van der Waals surface area contributed by atoms with Crippen molar-refractivity contribution in [1.29, 1.82) is 0 Å². The molecule has 37 heavy (non-hydrogen) atoms. The lowest BCUT2D eigenvalue weighted by Gasteiger charge is -2.29. The van der Waals surface area contributed by atoms with Gasteiger partial charge >= 0.3 is 5.97 Å². The van der Waals surface area contributed by atoms with Crippen molar-refractivity contribution in [1.82, 2.24) is 10.2 Å². The van der Waals surface area contributed by atoms with Crippen LogP contribution >= 0.6 is 11.6 Å². The number of nitrogens with one attached hydrogen (secondary N) is 2. The Morgan fingerprint density at radius 3 is 2.19 bits per heavy atom. The number of hydrogen-bond acceptors (Lipinski definition) is 6. The van der Waals surface area contributed by atoms with Gasteiger partial charge in [-0.2, -0.15) is 0 Å². The lowest BCUT2D eigenvalue weighted by Crippen LogP contribution is -2.43. The summed E-state index contributed by atoms with van der Waals surface area (Å²) in [6, 6.07) is 13.3. The third-order valence-electron chi connectivity index (χ3n) is 6.41. The van der Waals surface area contributed by atoms with Crippen LogP contribution in [0.2, 0.25) is 0 Å². The van der Waals surface area contributed by atoms with Crippen LogP contribution in [0.5, 0.6) is 0 Å². The van der Waals surface area contributed by atoms with Gasteiger partial charge in [0.25, 0.3) is 17.7 Å². The van der Waals surface area contributed by atoms with Gasteiger partial charge in [0.05, 0.1) is 11.7 Å². The van der Waals surface area contributed by atoms with E-state index in [2.05, 4.69) is 10.6 Å². The minimum atomic E-state index is -0.432. The van der Waals surface area contributed by atoms with Crippen molar-refractivity contribution in [2.75, 3.05) is 5.32 Å². The molecule has 2 aliphatic rings. The highest BCUT2D eigenvalue weighted by molar-refractivity contribution is 6.47. The van der Waals surface area contributed by atoms with E-state index in [0.717, 1.165) is 37.7 Å². The highest BCUT2D eigenvalue weighted by Crippen LogP contribution is 2.30. The van der Waals surface area contributed by atoms with Crippen LogP contribution in [0.3, 0.4) is 0 Å². The largest absolute Gasteiger partial charge is 0.459 e. The first-order valence-electron chi connectivity index (χ1n) is 12.5. The first-order valence-corrected chi connectivity index (χ1v) is 12.8. The SMILES string of the molecule is CC(C)OC(=O)c1ccc(NC(=O)c2ccc(CNC3=C(Cl)C(=O)N(C4CCCCC4)C3=O)cc2)cc1. The van der Waals surface area contributed by atoms with Crippen molar-refractivity contribution >= 4 is 41.0 Å². The number of nitrogens with zero attached hydrogens (tertiary/aromatic N) is 1. The summed E-state index contributed by atoms with van der Waals surface area (Å²) in [5.74, 6) is -1.53. The Kier molecular flexibility index (Phi) is 8.28. The monoisotopic (exact) mass is 523 g/mol. The molecule has 1 aliphatic heterocycles. The van der Waals surface area contributed by atoms with Gasteiger partial charge in [0.15, 0.2) is 0 Å². The number of rotatable bonds is 8. The second kappa shape index (κ2) is 11.6. The lowest BCUT2D eigenvalue weighted by atomic mass is 9.94. The maximum absolute atomic E-state index is 12.9. The van der Waals surface area contributed by atoms with Crippen LogP contribution in [0.4, 0.5) is 5.69 Å². The zero-order valence-corrected chi connectivity index (χ0v) is 21.6. The summed E-state index contributed by atoms with van der Waals surface area (Å²) in [4.78, 5) is 51.4. The van der Waals surface area contributed by atoms with E-state index >= 15 is 0 Å². The molecule has 0 atom stereocenters. The molecule has 0 radical (unpaired) electrons. The molecule has 3 amide bonds. The molecule has 0 saturated heterocycles. The van der Waals surface area contributed by atoms with E-state index in [0.29, 0.717) is 16.8 Å². The molecule has 9 heteroatoms. The van der Waals surface area contributed by atoms with Crippen molar-refractivity contribution in [3.8, 4) is 0 Å². The first kappa shape index (κ1) is 26.4. The number of carbonyl (C=O) groups excluding carboxylic acids is 4. The van der Waals surface area contributed by atoms with Crippen molar-refractivity contribution in [3.05, 3.63) is 76.0 Å². The van der Waals surface area contributed by atoms with Crippen LogP contribution in [0.25, 0.3) is 0 Å². The highest BCUT2D eigenvalue weighted by atomic mass is 35.5. The fourth-order valence-electron chi connectivity index (χ4n) is 4.48. The third kappa shape index (κ3) is 6.20. The summed E-state index contributed by atoms with van der Waals surface area (Å²) in [5, 5.41) is 5.73. The number of esters is 1. The number of anilines is 1. The molecule has 1 saturated carbocycles. The highest BCUT2D eigenvalue weighted by Gasteiger charge is 2.41. The first-order chi connectivity index (χ1) is 17.7. The maximum Gasteiger partial charge on any atom is 0.338 e. The maximum atomic E-state index is 12.9. The molecule has 2 aromatic carbocycles. The minimum Gasteiger partial charge on any atom is -0.459 e. The number of amides is 3. The molecule has 1 heterocycles. The van der Waals surface area contributed by atoms with E-state index in [1.807, 2.05) is 0 Å². The van der Waals surface area contributed by atoms with Gasteiger partial charge in [-0.3, -0.25) is 19.3 Å². The van der Waals surface area contributed by atoms with E-state index < -0.39 is 11.9 Å². The summed E-state index contributed by atoms with van der Waals surface area (Å²) >= 11 is 6.22. The Morgan fingerprint density at radius 1 is 0.946 bits per heavy atom. The van der Waals surface area contributed by atoms with E-state index in [1.54, 1.807) is 62.4 Å². The summed E-state index contributed by atoms with van der Waals surface area (Å²) in [5.41, 5.74) is 2.34. The molecule has 8 nitrogen and oxygen atoms in total. The van der Waals surface area contributed by atoms with Gasteiger partial charge in [-0.15, -0.1) is 0 Å². The number of hydrogen-bond donors (Lipinski definition) is 2. The zero-order chi connectivity index (χ0) is 26.5. The molecular weight excluding hydrogens is 494 g/mol. The fraction of sp³-hybridized carbons (Fsp3) is 0.357. The van der Waals surface area contributed by atoms with Gasteiger partial charge in [0, 0.05) is 23.8 Å². The second-order valence-corrected chi connectivity index (χ2v) is 9.88. The Bertz CT molecular complexity index is 1220. The second-order valence-electron chi connectivity index (χ2n) is 9.50. The Labute approximate surface area is 221 Å². The normalized spacial score (nSPS) is 16.4. The Balaban J connectivity index is 1.32. The Hall–Kier alpha value is -3.65. The average molecular weight is 524 g/mol. The number of halogens is 1. The quantitative estimate of drug-likeness (QED) is 0.382. The van der Waals surface area contributed by atoms with Crippen LogP contribution in [0.1, 0.15) is 72.2 Å². The molecule has 0 aromatic heterocycles. The number of benzene rings is 2. The van der Waals surface area contributed by atoms with Crippen LogP contribution in [-0.2, 0) is 20.9 Å². The predicted octanol–water partition coefficient (Wildman–Crippen LogP) is 4.75.